The minimum Gasteiger partial charge on any atom is -0.492 e. The van der Waals surface area contributed by atoms with Crippen LogP contribution >= 0.6 is 0 Å². The van der Waals surface area contributed by atoms with Gasteiger partial charge in [0, 0.05) is 12.6 Å². The van der Waals surface area contributed by atoms with Crippen molar-refractivity contribution in [1.29, 1.82) is 0 Å². The van der Waals surface area contributed by atoms with E-state index >= 15 is 0 Å². The number of hydrogen-bond acceptors (Lipinski definition) is 7. The minimum absolute atomic E-state index is 0.0627. The molecule has 0 saturated carbocycles. The Morgan fingerprint density at radius 2 is 1.57 bits per heavy atom. The van der Waals surface area contributed by atoms with Crippen LogP contribution in [-0.2, 0) is 19.1 Å². The lowest BCUT2D eigenvalue weighted by atomic mass is 10.1. The predicted molar refractivity (Wildman–Crippen MR) is 123 cm³/mol. The molecule has 0 unspecified atom stereocenters. The third kappa shape index (κ3) is 8.78. The van der Waals surface area contributed by atoms with Gasteiger partial charge in [-0.1, -0.05) is 22.9 Å². The van der Waals surface area contributed by atoms with E-state index in [1.54, 1.807) is 27.7 Å². The van der Waals surface area contributed by atoms with E-state index in [2.05, 4.69) is 9.44 Å². The van der Waals surface area contributed by atoms with E-state index in [1.165, 1.54) is 48.3 Å². The van der Waals surface area contributed by atoms with Crippen LogP contribution in [0.3, 0.4) is 0 Å². The molecule has 0 aromatic heterocycles. The van der Waals surface area contributed by atoms with Gasteiger partial charge in [0.2, 0.25) is 0 Å². The molecule has 0 saturated heterocycles. The molecule has 12 heteroatoms. The fraction of sp³-hybridized carbons (Fsp3) is 0.391. The topological polar surface area (TPSA) is 94.5 Å². The van der Waals surface area contributed by atoms with Gasteiger partial charge in [-0.25, -0.2) is 4.79 Å². The molecule has 0 bridgehead atoms. The average molecular weight is 517 g/mol. The molecule has 0 spiro atoms. The first-order valence-electron chi connectivity index (χ1n) is 10.4. The summed E-state index contributed by atoms with van der Waals surface area (Å²) in [5, 5.41) is 2.90. The summed E-state index contributed by atoms with van der Waals surface area (Å²) >= 11 is 0. The van der Waals surface area contributed by atoms with Crippen molar-refractivity contribution in [2.75, 3.05) is 20.2 Å². The summed E-state index contributed by atoms with van der Waals surface area (Å²) in [6.45, 7) is 7.17. The van der Waals surface area contributed by atoms with Crippen LogP contribution in [0.25, 0.3) is 0 Å². The van der Waals surface area contributed by atoms with Crippen molar-refractivity contribution in [2.45, 2.75) is 44.4 Å². The zero-order valence-electron chi connectivity index (χ0n) is 19.9. The quantitative estimate of drug-likeness (QED) is 0.366. The number of carbonyl (C=O) groups excluding carboxylic acids is 1. The van der Waals surface area contributed by atoms with Gasteiger partial charge >= 0.3 is 22.4 Å². The van der Waals surface area contributed by atoms with E-state index in [-0.39, 0.29) is 23.8 Å². The lowest BCUT2D eigenvalue weighted by molar-refractivity contribution is -0.0597. The molecule has 0 aliphatic carbocycles. The molecule has 0 radical (unpaired) electrons. The van der Waals surface area contributed by atoms with E-state index in [4.69, 9.17) is 9.47 Å². The first-order chi connectivity index (χ1) is 16.1. The smallest absolute Gasteiger partial charge is 0.437 e. The van der Waals surface area contributed by atoms with Gasteiger partial charge in [-0.05, 0) is 64.1 Å². The van der Waals surface area contributed by atoms with Gasteiger partial charge in [0.25, 0.3) is 0 Å². The number of hydrogen-bond donors (Lipinski definition) is 0. The zero-order chi connectivity index (χ0) is 26.4. The predicted octanol–water partition coefficient (Wildman–Crippen LogP) is 4.91. The lowest BCUT2D eigenvalue weighted by Crippen LogP contribution is -2.36. The van der Waals surface area contributed by atoms with Crippen LogP contribution in [0, 0.1) is 6.92 Å². The SMILES string of the molecule is Cc1ccc(S(=O)(=O)O/N=C(\c2ccc(OCCN(C)C(=O)OC(C)(C)C)cc2)C(F)(F)F)cc1. The number of alkyl halides is 3. The third-order valence-corrected chi connectivity index (χ3v) is 5.45. The summed E-state index contributed by atoms with van der Waals surface area (Å²) in [7, 11) is -3.02. The molecule has 35 heavy (non-hydrogen) atoms. The van der Waals surface area contributed by atoms with Crippen LogP contribution in [0.15, 0.2) is 58.6 Å². The molecule has 192 valence electrons. The Balaban J connectivity index is 2.07. The summed E-state index contributed by atoms with van der Waals surface area (Å²) in [6, 6.07) is 10.0. The largest absolute Gasteiger partial charge is 0.492 e. The highest BCUT2D eigenvalue weighted by Gasteiger charge is 2.38. The Hall–Kier alpha value is -3.28. The van der Waals surface area contributed by atoms with E-state index in [0.717, 1.165) is 17.7 Å². The van der Waals surface area contributed by atoms with Crippen molar-refractivity contribution < 1.29 is 40.1 Å². The van der Waals surface area contributed by atoms with Gasteiger partial charge in [-0.2, -0.15) is 21.6 Å². The Kier molecular flexibility index (Phi) is 8.77. The van der Waals surface area contributed by atoms with Crippen LogP contribution in [0.5, 0.6) is 5.75 Å². The Morgan fingerprint density at radius 1 is 1.00 bits per heavy atom. The van der Waals surface area contributed by atoms with Crippen LogP contribution in [-0.4, -0.2) is 57.1 Å². The summed E-state index contributed by atoms with van der Waals surface area (Å²) in [5.41, 5.74) is -1.83. The molecule has 2 aromatic carbocycles. The van der Waals surface area contributed by atoms with Gasteiger partial charge < -0.3 is 14.4 Å². The molecule has 8 nitrogen and oxygen atoms in total. The molecule has 0 atom stereocenters. The molecule has 2 rings (SSSR count). The molecule has 0 fully saturated rings. The maximum Gasteiger partial charge on any atom is 0.437 e. The van der Waals surface area contributed by atoms with Gasteiger partial charge in [0.05, 0.1) is 6.54 Å². The lowest BCUT2D eigenvalue weighted by Gasteiger charge is -2.24. The van der Waals surface area contributed by atoms with Crippen LogP contribution in [0.2, 0.25) is 0 Å². The standard InChI is InChI=1S/C23H27F3N2O6S/c1-16-6-12-19(13-7-16)35(30,31)34-27-20(23(24,25)26)17-8-10-18(11-9-17)32-15-14-28(5)21(29)33-22(2,3)4/h6-13H,14-15H2,1-5H3/b27-20+. The highest BCUT2D eigenvalue weighted by atomic mass is 32.2. The molecule has 0 aliphatic rings. The van der Waals surface area contributed by atoms with Gasteiger partial charge in [0.1, 0.15) is 22.9 Å². The fourth-order valence-corrected chi connectivity index (χ4v) is 3.27. The highest BCUT2D eigenvalue weighted by molar-refractivity contribution is 7.86. The highest BCUT2D eigenvalue weighted by Crippen LogP contribution is 2.25. The summed E-state index contributed by atoms with van der Waals surface area (Å²) in [5.74, 6) is 0.237. The zero-order valence-corrected chi connectivity index (χ0v) is 20.7. The van der Waals surface area contributed by atoms with E-state index in [0.29, 0.717) is 0 Å². The van der Waals surface area contributed by atoms with Crippen molar-refractivity contribution in [3.63, 3.8) is 0 Å². The number of rotatable bonds is 8. The summed E-state index contributed by atoms with van der Waals surface area (Å²) < 4.78 is 80.0. The van der Waals surface area contributed by atoms with Crippen LogP contribution in [0.4, 0.5) is 18.0 Å². The number of halogens is 3. The van der Waals surface area contributed by atoms with Crippen LogP contribution < -0.4 is 4.74 Å². The molecule has 0 aliphatic heterocycles. The van der Waals surface area contributed by atoms with Crippen molar-refractivity contribution in [3.8, 4) is 5.75 Å². The molecule has 0 N–H and O–H groups in total. The first kappa shape index (κ1) is 28.0. The maximum atomic E-state index is 13.5. The number of likely N-dealkylation sites (N-methyl/N-ethyl adjacent to an activating group) is 1. The van der Waals surface area contributed by atoms with Crippen molar-refractivity contribution in [3.05, 3.63) is 59.7 Å². The second-order valence-electron chi connectivity index (χ2n) is 8.55. The Morgan fingerprint density at radius 3 is 2.09 bits per heavy atom. The number of aryl methyl sites for hydroxylation is 1. The number of ether oxygens (including phenoxy) is 2. The monoisotopic (exact) mass is 516 g/mol. The van der Waals surface area contributed by atoms with E-state index < -0.39 is 39.3 Å². The van der Waals surface area contributed by atoms with Gasteiger partial charge in [-0.3, -0.25) is 4.28 Å². The average Bonchev–Trinajstić information content (AvgIpc) is 2.73. The van der Waals surface area contributed by atoms with Crippen molar-refractivity contribution in [1.82, 2.24) is 4.90 Å². The van der Waals surface area contributed by atoms with Crippen LogP contribution in [0.1, 0.15) is 31.9 Å². The number of nitrogens with zero attached hydrogens (tertiary/aromatic N) is 2. The normalized spacial score (nSPS) is 12.7. The molecular weight excluding hydrogens is 489 g/mol. The maximum absolute atomic E-state index is 13.5. The minimum atomic E-state index is -4.98. The Bertz CT molecular complexity index is 1140. The number of benzene rings is 2. The van der Waals surface area contributed by atoms with Crippen molar-refractivity contribution in [2.24, 2.45) is 5.16 Å². The molecule has 0 heterocycles. The van der Waals surface area contributed by atoms with Gasteiger partial charge in [-0.15, -0.1) is 0 Å². The van der Waals surface area contributed by atoms with E-state index in [9.17, 15) is 26.4 Å². The summed E-state index contributed by atoms with van der Waals surface area (Å²) in [6.07, 6.45) is -5.52. The van der Waals surface area contributed by atoms with Gasteiger partial charge in [0.15, 0.2) is 5.71 Å². The summed E-state index contributed by atoms with van der Waals surface area (Å²) in [4.78, 5) is 12.9. The van der Waals surface area contributed by atoms with Crippen molar-refractivity contribution >= 4 is 21.9 Å². The first-order valence-corrected chi connectivity index (χ1v) is 11.8. The third-order valence-electron chi connectivity index (χ3n) is 4.33. The second-order valence-corrected chi connectivity index (χ2v) is 10.1. The molecular formula is C23H27F3N2O6S. The number of carbonyl (C=O) groups is 1. The molecule has 2 aromatic rings. The fourth-order valence-electron chi connectivity index (χ4n) is 2.54. The molecule has 1 amide bonds. The van der Waals surface area contributed by atoms with E-state index in [1.807, 2.05) is 0 Å². The Labute approximate surface area is 202 Å². The number of amides is 1. The second kappa shape index (κ2) is 11.0. The number of oxime groups is 1.